The molecule has 1 aromatic carbocycles. The van der Waals surface area contributed by atoms with Gasteiger partial charge in [0.2, 0.25) is 0 Å². The zero-order chi connectivity index (χ0) is 14.7. The van der Waals surface area contributed by atoms with Crippen LogP contribution in [0.5, 0.6) is 5.75 Å². The molecule has 106 valence electrons. The van der Waals surface area contributed by atoms with E-state index in [1.165, 1.54) is 0 Å². The first-order valence-electron chi connectivity index (χ1n) is 6.33. The van der Waals surface area contributed by atoms with Crippen molar-refractivity contribution in [1.82, 2.24) is 9.97 Å². The van der Waals surface area contributed by atoms with Gasteiger partial charge in [-0.1, -0.05) is 6.07 Å². The minimum atomic E-state index is 0.325. The maximum absolute atomic E-state index is 5.85. The van der Waals surface area contributed by atoms with E-state index in [9.17, 15) is 0 Å². The van der Waals surface area contributed by atoms with E-state index < -0.39 is 0 Å². The van der Waals surface area contributed by atoms with Gasteiger partial charge >= 0.3 is 0 Å². The fourth-order valence-electron chi connectivity index (χ4n) is 2.26. The van der Waals surface area contributed by atoms with Crippen molar-refractivity contribution in [2.24, 2.45) is 0 Å². The number of methoxy groups -OCH3 is 2. The number of aryl methyl sites for hydroxylation is 2. The third-order valence-corrected chi connectivity index (χ3v) is 2.99. The molecule has 2 aromatic rings. The van der Waals surface area contributed by atoms with Gasteiger partial charge in [0.25, 0.3) is 0 Å². The van der Waals surface area contributed by atoms with E-state index in [2.05, 4.69) is 16.0 Å². The van der Waals surface area contributed by atoms with Gasteiger partial charge in [-0.2, -0.15) is 0 Å². The molecular weight excluding hydrogens is 254 g/mol. The molecule has 0 radical (unpaired) electrons. The lowest BCUT2D eigenvalue weighted by atomic mass is 10.0. The third-order valence-electron chi connectivity index (χ3n) is 2.99. The maximum Gasteiger partial charge on any atom is 0.157 e. The molecule has 0 aliphatic heterocycles. The van der Waals surface area contributed by atoms with Crippen LogP contribution in [0.2, 0.25) is 0 Å². The Morgan fingerprint density at radius 3 is 2.50 bits per heavy atom. The van der Waals surface area contributed by atoms with Crippen LogP contribution in [0.15, 0.2) is 18.2 Å². The molecule has 2 rings (SSSR count). The second-order valence-corrected chi connectivity index (χ2v) is 4.69. The van der Waals surface area contributed by atoms with Crippen LogP contribution >= 0.6 is 0 Å². The first kappa shape index (κ1) is 14.3. The van der Waals surface area contributed by atoms with Crippen LogP contribution < -0.4 is 10.5 Å². The fraction of sp³-hybridized carbons (Fsp3) is 0.333. The highest BCUT2D eigenvalue weighted by molar-refractivity contribution is 5.73. The first-order valence-corrected chi connectivity index (χ1v) is 6.33. The second-order valence-electron chi connectivity index (χ2n) is 4.69. The van der Waals surface area contributed by atoms with Gasteiger partial charge < -0.3 is 15.2 Å². The van der Waals surface area contributed by atoms with Crippen LogP contribution in [-0.4, -0.2) is 24.2 Å². The number of ether oxygens (including phenoxy) is 2. The average molecular weight is 273 g/mol. The smallest absolute Gasteiger partial charge is 0.157 e. The highest BCUT2D eigenvalue weighted by Gasteiger charge is 2.13. The molecule has 20 heavy (non-hydrogen) atoms. The second kappa shape index (κ2) is 5.88. The third kappa shape index (κ3) is 2.88. The molecule has 0 aliphatic carbocycles. The highest BCUT2D eigenvalue weighted by Crippen LogP contribution is 2.33. The molecule has 0 spiro atoms. The van der Waals surface area contributed by atoms with Crippen LogP contribution in [0, 0.1) is 13.8 Å². The number of hydrogen-bond acceptors (Lipinski definition) is 5. The largest absolute Gasteiger partial charge is 0.496 e. The molecule has 1 heterocycles. The van der Waals surface area contributed by atoms with E-state index in [0.29, 0.717) is 18.2 Å². The van der Waals surface area contributed by atoms with Crippen LogP contribution in [0.3, 0.4) is 0 Å². The van der Waals surface area contributed by atoms with E-state index in [-0.39, 0.29) is 0 Å². The molecular formula is C15H19N3O2. The van der Waals surface area contributed by atoms with Crippen molar-refractivity contribution in [1.29, 1.82) is 0 Å². The minimum absolute atomic E-state index is 0.325. The number of benzene rings is 1. The van der Waals surface area contributed by atoms with Gasteiger partial charge in [-0.25, -0.2) is 9.97 Å². The van der Waals surface area contributed by atoms with Crippen LogP contribution in [0.25, 0.3) is 11.3 Å². The van der Waals surface area contributed by atoms with Gasteiger partial charge in [-0.05, 0) is 31.0 Å². The molecule has 5 heteroatoms. The Balaban J connectivity index is 2.61. The summed E-state index contributed by atoms with van der Waals surface area (Å²) in [6.45, 7) is 4.38. The van der Waals surface area contributed by atoms with Gasteiger partial charge in [-0.15, -0.1) is 0 Å². The van der Waals surface area contributed by atoms with Gasteiger partial charge in [-0.3, -0.25) is 0 Å². The zero-order valence-electron chi connectivity index (χ0n) is 12.2. The van der Waals surface area contributed by atoms with Crippen molar-refractivity contribution < 1.29 is 9.47 Å². The van der Waals surface area contributed by atoms with Crippen molar-refractivity contribution in [3.63, 3.8) is 0 Å². The summed E-state index contributed by atoms with van der Waals surface area (Å²) >= 11 is 0. The van der Waals surface area contributed by atoms with E-state index in [0.717, 1.165) is 28.1 Å². The lowest BCUT2D eigenvalue weighted by Gasteiger charge is -2.13. The monoisotopic (exact) mass is 273 g/mol. The Bertz CT molecular complexity index is 627. The summed E-state index contributed by atoms with van der Waals surface area (Å²) in [7, 11) is 3.25. The topological polar surface area (TPSA) is 70.3 Å². The molecule has 0 saturated heterocycles. The van der Waals surface area contributed by atoms with Gasteiger partial charge in [0.1, 0.15) is 18.2 Å². The van der Waals surface area contributed by atoms with Crippen molar-refractivity contribution in [3.05, 3.63) is 35.2 Å². The number of rotatable bonds is 4. The molecule has 0 bridgehead atoms. The van der Waals surface area contributed by atoms with Crippen molar-refractivity contribution in [3.8, 4) is 17.0 Å². The number of aromatic nitrogens is 2. The molecule has 2 N–H and O–H groups in total. The summed E-state index contributed by atoms with van der Waals surface area (Å²) in [5.74, 6) is 1.76. The normalized spacial score (nSPS) is 10.6. The Hall–Kier alpha value is -2.14. The first-order chi connectivity index (χ1) is 9.55. The minimum Gasteiger partial charge on any atom is -0.496 e. The van der Waals surface area contributed by atoms with Crippen molar-refractivity contribution in [2.75, 3.05) is 20.0 Å². The van der Waals surface area contributed by atoms with Crippen LogP contribution in [-0.2, 0) is 11.3 Å². The standard InChI is InChI=1S/C15H19N3O2/c1-9-5-10(2)15(12(6-9)20-4)11-7-13(16)18-14(17-11)8-19-3/h5-7H,8H2,1-4H3,(H2,16,17,18). The lowest BCUT2D eigenvalue weighted by molar-refractivity contribution is 0.178. The van der Waals surface area contributed by atoms with Gasteiger partial charge in [0.05, 0.1) is 12.8 Å². The molecule has 0 saturated carbocycles. The number of anilines is 1. The molecule has 5 nitrogen and oxygen atoms in total. The SMILES string of the molecule is COCc1nc(N)cc(-c2c(C)cc(C)cc2OC)n1. The molecule has 1 aromatic heterocycles. The molecule has 0 aliphatic rings. The summed E-state index contributed by atoms with van der Waals surface area (Å²) in [6, 6.07) is 5.82. The number of hydrogen-bond donors (Lipinski definition) is 1. The zero-order valence-corrected chi connectivity index (χ0v) is 12.2. The highest BCUT2D eigenvalue weighted by atomic mass is 16.5. The molecule has 0 amide bonds. The Kier molecular flexibility index (Phi) is 4.20. The fourth-order valence-corrected chi connectivity index (χ4v) is 2.26. The van der Waals surface area contributed by atoms with Crippen molar-refractivity contribution in [2.45, 2.75) is 20.5 Å². The number of nitrogens with two attached hydrogens (primary N) is 1. The van der Waals surface area contributed by atoms with E-state index in [4.69, 9.17) is 15.2 Å². The summed E-state index contributed by atoms with van der Waals surface area (Å²) in [5.41, 5.74) is 9.76. The van der Waals surface area contributed by atoms with Gasteiger partial charge in [0.15, 0.2) is 5.82 Å². The lowest BCUT2D eigenvalue weighted by Crippen LogP contribution is -2.03. The summed E-state index contributed by atoms with van der Waals surface area (Å²) < 4.78 is 10.5. The van der Waals surface area contributed by atoms with E-state index in [1.54, 1.807) is 20.3 Å². The quantitative estimate of drug-likeness (QED) is 0.926. The number of nitrogens with zero attached hydrogens (tertiary/aromatic N) is 2. The predicted octanol–water partition coefficient (Wildman–Crippen LogP) is 2.50. The molecule has 0 fully saturated rings. The molecule has 0 unspecified atom stereocenters. The van der Waals surface area contributed by atoms with E-state index >= 15 is 0 Å². The van der Waals surface area contributed by atoms with Crippen LogP contribution in [0.1, 0.15) is 17.0 Å². The average Bonchev–Trinajstić information content (AvgIpc) is 2.37. The Labute approximate surface area is 118 Å². The van der Waals surface area contributed by atoms with E-state index in [1.807, 2.05) is 19.9 Å². The Morgan fingerprint density at radius 1 is 1.10 bits per heavy atom. The summed E-state index contributed by atoms with van der Waals surface area (Å²) in [5, 5.41) is 0. The maximum atomic E-state index is 5.85. The molecule has 0 atom stereocenters. The van der Waals surface area contributed by atoms with Crippen LogP contribution in [0.4, 0.5) is 5.82 Å². The predicted molar refractivity (Wildman–Crippen MR) is 78.6 cm³/mol. The van der Waals surface area contributed by atoms with Gasteiger partial charge in [0, 0.05) is 18.7 Å². The van der Waals surface area contributed by atoms with Crippen molar-refractivity contribution >= 4 is 5.82 Å². The summed E-state index contributed by atoms with van der Waals surface area (Å²) in [6.07, 6.45) is 0. The summed E-state index contributed by atoms with van der Waals surface area (Å²) in [4.78, 5) is 8.65. The number of nitrogen functional groups attached to an aromatic ring is 1. The Morgan fingerprint density at radius 2 is 1.85 bits per heavy atom.